The number of ether oxygens (including phenoxy) is 2. The standard InChI is InChI=1S/C13H17NO2/c1-13(2)7-8-3-4-9-10(14)5-6-15-12(9)11(8)16-13/h3-4,10H,5-7,14H2,1-2H3/t10-/m0/s1. The zero-order valence-corrected chi connectivity index (χ0v) is 9.75. The van der Waals surface area contributed by atoms with Crippen LogP contribution in [0.2, 0.25) is 0 Å². The van der Waals surface area contributed by atoms with Gasteiger partial charge in [0, 0.05) is 30.0 Å². The summed E-state index contributed by atoms with van der Waals surface area (Å²) in [7, 11) is 0. The molecule has 2 N–H and O–H groups in total. The highest BCUT2D eigenvalue weighted by Crippen LogP contribution is 2.47. The molecule has 2 aliphatic heterocycles. The molecule has 16 heavy (non-hydrogen) atoms. The third-order valence-electron chi connectivity index (χ3n) is 3.29. The van der Waals surface area contributed by atoms with Crippen LogP contribution in [-0.2, 0) is 6.42 Å². The van der Waals surface area contributed by atoms with Crippen molar-refractivity contribution < 1.29 is 9.47 Å². The Labute approximate surface area is 95.5 Å². The molecule has 2 heterocycles. The number of benzene rings is 1. The van der Waals surface area contributed by atoms with Gasteiger partial charge in [0.05, 0.1) is 6.61 Å². The summed E-state index contributed by atoms with van der Waals surface area (Å²) in [5, 5.41) is 0. The van der Waals surface area contributed by atoms with E-state index in [2.05, 4.69) is 26.0 Å². The quantitative estimate of drug-likeness (QED) is 0.727. The SMILES string of the molecule is CC1(C)Cc2ccc3c(c2O1)OCC[C@@H]3N. The predicted molar refractivity (Wildman–Crippen MR) is 61.9 cm³/mol. The van der Waals surface area contributed by atoms with Crippen molar-refractivity contribution in [3.63, 3.8) is 0 Å². The fraction of sp³-hybridized carbons (Fsp3) is 0.538. The molecule has 3 rings (SSSR count). The summed E-state index contributed by atoms with van der Waals surface area (Å²) in [6.45, 7) is 4.89. The summed E-state index contributed by atoms with van der Waals surface area (Å²) < 4.78 is 11.7. The zero-order valence-electron chi connectivity index (χ0n) is 9.75. The molecule has 0 radical (unpaired) electrons. The molecule has 0 aliphatic carbocycles. The molecule has 0 unspecified atom stereocenters. The van der Waals surface area contributed by atoms with E-state index in [0.29, 0.717) is 6.61 Å². The maximum Gasteiger partial charge on any atom is 0.166 e. The van der Waals surface area contributed by atoms with Gasteiger partial charge >= 0.3 is 0 Å². The summed E-state index contributed by atoms with van der Waals surface area (Å²) in [5.74, 6) is 1.79. The predicted octanol–water partition coefficient (Wildman–Crippen LogP) is 2.18. The lowest BCUT2D eigenvalue weighted by atomic mass is 9.96. The van der Waals surface area contributed by atoms with E-state index in [9.17, 15) is 0 Å². The van der Waals surface area contributed by atoms with E-state index < -0.39 is 0 Å². The number of hydrogen-bond donors (Lipinski definition) is 1. The van der Waals surface area contributed by atoms with Crippen LogP contribution in [0.4, 0.5) is 0 Å². The van der Waals surface area contributed by atoms with E-state index in [1.54, 1.807) is 0 Å². The van der Waals surface area contributed by atoms with Gasteiger partial charge in [-0.1, -0.05) is 12.1 Å². The Morgan fingerprint density at radius 2 is 2.12 bits per heavy atom. The Morgan fingerprint density at radius 3 is 2.94 bits per heavy atom. The minimum Gasteiger partial charge on any atom is -0.489 e. The van der Waals surface area contributed by atoms with Crippen molar-refractivity contribution >= 4 is 0 Å². The Kier molecular flexibility index (Phi) is 1.96. The van der Waals surface area contributed by atoms with Crippen molar-refractivity contribution in [3.8, 4) is 11.5 Å². The summed E-state index contributed by atoms with van der Waals surface area (Å²) in [4.78, 5) is 0. The molecule has 2 aliphatic rings. The first-order valence-corrected chi connectivity index (χ1v) is 5.80. The Hall–Kier alpha value is -1.22. The molecule has 0 fully saturated rings. The highest BCUT2D eigenvalue weighted by molar-refractivity contribution is 5.56. The fourth-order valence-electron chi connectivity index (χ4n) is 2.53. The van der Waals surface area contributed by atoms with Crippen molar-refractivity contribution in [2.45, 2.75) is 38.3 Å². The monoisotopic (exact) mass is 219 g/mol. The molecular weight excluding hydrogens is 202 g/mol. The van der Waals surface area contributed by atoms with Crippen LogP contribution in [0.1, 0.15) is 37.4 Å². The second-order valence-electron chi connectivity index (χ2n) is 5.25. The summed E-state index contributed by atoms with van der Waals surface area (Å²) in [5.41, 5.74) is 8.27. The maximum atomic E-state index is 6.07. The van der Waals surface area contributed by atoms with E-state index in [0.717, 1.165) is 29.9 Å². The lowest BCUT2D eigenvalue weighted by Crippen LogP contribution is -2.25. The highest BCUT2D eigenvalue weighted by Gasteiger charge is 2.35. The lowest BCUT2D eigenvalue weighted by molar-refractivity contribution is 0.130. The van der Waals surface area contributed by atoms with E-state index in [1.165, 1.54) is 5.56 Å². The summed E-state index contributed by atoms with van der Waals surface area (Å²) in [6, 6.07) is 4.29. The van der Waals surface area contributed by atoms with Crippen molar-refractivity contribution in [1.29, 1.82) is 0 Å². The topological polar surface area (TPSA) is 44.5 Å². The van der Waals surface area contributed by atoms with Crippen LogP contribution < -0.4 is 15.2 Å². The van der Waals surface area contributed by atoms with Crippen molar-refractivity contribution in [2.24, 2.45) is 5.73 Å². The van der Waals surface area contributed by atoms with Crippen LogP contribution in [0, 0.1) is 0 Å². The molecule has 1 atom stereocenters. The van der Waals surface area contributed by atoms with Gasteiger partial charge in [0.1, 0.15) is 5.60 Å². The first kappa shape index (κ1) is 9.97. The van der Waals surface area contributed by atoms with Crippen molar-refractivity contribution in [1.82, 2.24) is 0 Å². The molecule has 1 aromatic rings. The van der Waals surface area contributed by atoms with E-state index in [4.69, 9.17) is 15.2 Å². The van der Waals surface area contributed by atoms with Gasteiger partial charge in [0.15, 0.2) is 11.5 Å². The largest absolute Gasteiger partial charge is 0.489 e. The van der Waals surface area contributed by atoms with Crippen molar-refractivity contribution in [2.75, 3.05) is 6.61 Å². The highest BCUT2D eigenvalue weighted by atomic mass is 16.5. The van der Waals surface area contributed by atoms with Gasteiger partial charge < -0.3 is 15.2 Å². The van der Waals surface area contributed by atoms with Gasteiger partial charge in [0.25, 0.3) is 0 Å². The molecule has 86 valence electrons. The summed E-state index contributed by atoms with van der Waals surface area (Å²) in [6.07, 6.45) is 1.82. The molecule has 3 nitrogen and oxygen atoms in total. The minimum atomic E-state index is -0.123. The Morgan fingerprint density at radius 1 is 1.31 bits per heavy atom. The minimum absolute atomic E-state index is 0.0846. The van der Waals surface area contributed by atoms with Gasteiger partial charge in [-0.25, -0.2) is 0 Å². The molecule has 3 heteroatoms. The molecular formula is C13H17NO2. The van der Waals surface area contributed by atoms with Crippen LogP contribution >= 0.6 is 0 Å². The van der Waals surface area contributed by atoms with Gasteiger partial charge in [-0.2, -0.15) is 0 Å². The molecule has 0 amide bonds. The normalized spacial score (nSPS) is 25.3. The first-order valence-electron chi connectivity index (χ1n) is 5.80. The van der Waals surface area contributed by atoms with Gasteiger partial charge in [0.2, 0.25) is 0 Å². The fourth-order valence-corrected chi connectivity index (χ4v) is 2.53. The third-order valence-corrected chi connectivity index (χ3v) is 3.29. The number of nitrogens with two attached hydrogens (primary N) is 1. The second-order valence-corrected chi connectivity index (χ2v) is 5.25. The zero-order chi connectivity index (χ0) is 11.3. The summed E-state index contributed by atoms with van der Waals surface area (Å²) >= 11 is 0. The molecule has 0 bridgehead atoms. The van der Waals surface area contributed by atoms with Gasteiger partial charge in [-0.3, -0.25) is 0 Å². The average molecular weight is 219 g/mol. The average Bonchev–Trinajstić information content (AvgIpc) is 2.53. The van der Waals surface area contributed by atoms with Crippen LogP contribution in [0.15, 0.2) is 12.1 Å². The maximum absolute atomic E-state index is 6.07. The van der Waals surface area contributed by atoms with Gasteiger partial charge in [-0.15, -0.1) is 0 Å². The molecule has 0 spiro atoms. The lowest BCUT2D eigenvalue weighted by Gasteiger charge is -2.25. The van der Waals surface area contributed by atoms with Crippen LogP contribution in [0.3, 0.4) is 0 Å². The smallest absolute Gasteiger partial charge is 0.166 e. The third kappa shape index (κ3) is 1.39. The van der Waals surface area contributed by atoms with E-state index in [1.807, 2.05) is 0 Å². The molecule has 0 saturated heterocycles. The molecule has 0 saturated carbocycles. The Balaban J connectivity index is 2.11. The van der Waals surface area contributed by atoms with Crippen molar-refractivity contribution in [3.05, 3.63) is 23.3 Å². The number of rotatable bonds is 0. The molecule has 1 aromatic carbocycles. The number of fused-ring (bicyclic) bond motifs is 3. The molecule has 0 aromatic heterocycles. The number of hydrogen-bond acceptors (Lipinski definition) is 3. The van der Waals surface area contributed by atoms with Crippen LogP contribution in [-0.4, -0.2) is 12.2 Å². The Bertz CT molecular complexity index is 440. The van der Waals surface area contributed by atoms with E-state index in [-0.39, 0.29) is 11.6 Å². The van der Waals surface area contributed by atoms with Gasteiger partial charge in [-0.05, 0) is 13.8 Å². The van der Waals surface area contributed by atoms with Crippen LogP contribution in [0.25, 0.3) is 0 Å². The first-order chi connectivity index (χ1) is 7.57. The van der Waals surface area contributed by atoms with E-state index >= 15 is 0 Å². The second kappa shape index (κ2) is 3.14. The van der Waals surface area contributed by atoms with Crippen LogP contribution in [0.5, 0.6) is 11.5 Å².